The van der Waals surface area contributed by atoms with Crippen LogP contribution in [0.25, 0.3) is 0 Å². The van der Waals surface area contributed by atoms with Gasteiger partial charge in [-0.2, -0.15) is 0 Å². The second-order valence-electron chi connectivity index (χ2n) is 3.80. The van der Waals surface area contributed by atoms with Crippen molar-refractivity contribution in [2.24, 2.45) is 0 Å². The van der Waals surface area contributed by atoms with Gasteiger partial charge in [-0.15, -0.1) is 0 Å². The SMILES string of the molecule is COc1ccc(C(=O)c2ccc(Cl)cc2Cl)c(F)c1. The lowest BCUT2D eigenvalue weighted by Crippen LogP contribution is -2.05. The molecule has 0 unspecified atom stereocenters. The van der Waals surface area contributed by atoms with Crippen molar-refractivity contribution in [1.82, 2.24) is 0 Å². The average molecular weight is 299 g/mol. The molecule has 0 saturated carbocycles. The van der Waals surface area contributed by atoms with Crippen LogP contribution in [0.4, 0.5) is 4.39 Å². The smallest absolute Gasteiger partial charge is 0.197 e. The third-order valence-electron chi connectivity index (χ3n) is 2.60. The highest BCUT2D eigenvalue weighted by atomic mass is 35.5. The van der Waals surface area contributed by atoms with Gasteiger partial charge in [-0.05, 0) is 30.3 Å². The number of ether oxygens (including phenoxy) is 1. The van der Waals surface area contributed by atoms with E-state index in [0.717, 1.165) is 6.07 Å². The van der Waals surface area contributed by atoms with E-state index in [9.17, 15) is 9.18 Å². The summed E-state index contributed by atoms with van der Waals surface area (Å²) in [7, 11) is 1.42. The zero-order valence-electron chi connectivity index (χ0n) is 9.91. The minimum absolute atomic E-state index is 0.0648. The van der Waals surface area contributed by atoms with Crippen LogP contribution in [-0.4, -0.2) is 12.9 Å². The fourth-order valence-electron chi connectivity index (χ4n) is 1.63. The van der Waals surface area contributed by atoms with Gasteiger partial charge < -0.3 is 4.74 Å². The van der Waals surface area contributed by atoms with E-state index in [2.05, 4.69) is 0 Å². The van der Waals surface area contributed by atoms with E-state index in [1.54, 1.807) is 0 Å². The maximum atomic E-state index is 13.8. The molecule has 0 aromatic heterocycles. The zero-order chi connectivity index (χ0) is 14.0. The maximum absolute atomic E-state index is 13.8. The van der Waals surface area contributed by atoms with Gasteiger partial charge in [0.05, 0.1) is 17.7 Å². The number of methoxy groups -OCH3 is 1. The van der Waals surface area contributed by atoms with Gasteiger partial charge in [0.2, 0.25) is 0 Å². The predicted octanol–water partition coefficient (Wildman–Crippen LogP) is 4.37. The minimum atomic E-state index is -0.657. The first-order valence-corrected chi connectivity index (χ1v) is 6.12. The van der Waals surface area contributed by atoms with E-state index in [-0.39, 0.29) is 16.1 Å². The van der Waals surface area contributed by atoms with Gasteiger partial charge in [0.1, 0.15) is 11.6 Å². The van der Waals surface area contributed by atoms with E-state index in [0.29, 0.717) is 10.8 Å². The van der Waals surface area contributed by atoms with Gasteiger partial charge in [0, 0.05) is 16.7 Å². The summed E-state index contributed by atoms with van der Waals surface area (Å²) in [6, 6.07) is 8.47. The molecule has 0 radical (unpaired) electrons. The Labute approximate surface area is 119 Å². The lowest BCUT2D eigenvalue weighted by molar-refractivity contribution is 0.103. The number of carbonyl (C=O) groups is 1. The van der Waals surface area contributed by atoms with E-state index in [4.69, 9.17) is 27.9 Å². The van der Waals surface area contributed by atoms with Gasteiger partial charge in [0.25, 0.3) is 0 Å². The van der Waals surface area contributed by atoms with Gasteiger partial charge >= 0.3 is 0 Å². The fourth-order valence-corrected chi connectivity index (χ4v) is 2.12. The highest BCUT2D eigenvalue weighted by Gasteiger charge is 2.17. The Kier molecular flexibility index (Phi) is 4.08. The second-order valence-corrected chi connectivity index (χ2v) is 4.64. The van der Waals surface area contributed by atoms with Crippen molar-refractivity contribution in [1.29, 1.82) is 0 Å². The molecule has 0 spiro atoms. The van der Waals surface area contributed by atoms with Crippen LogP contribution < -0.4 is 4.74 Å². The van der Waals surface area contributed by atoms with Crippen molar-refractivity contribution in [3.05, 3.63) is 63.4 Å². The van der Waals surface area contributed by atoms with Crippen LogP contribution in [-0.2, 0) is 0 Å². The molecule has 2 aromatic carbocycles. The molecule has 2 nitrogen and oxygen atoms in total. The molecule has 0 aliphatic carbocycles. The summed E-state index contributed by atoms with van der Waals surface area (Å²) in [5.41, 5.74) is 0.139. The Bertz CT molecular complexity index is 641. The van der Waals surface area contributed by atoms with Crippen molar-refractivity contribution in [3.8, 4) is 5.75 Å². The van der Waals surface area contributed by atoms with Crippen LogP contribution in [0, 0.1) is 5.82 Å². The Hall–Kier alpha value is -1.58. The zero-order valence-corrected chi connectivity index (χ0v) is 11.4. The first kappa shape index (κ1) is 13.8. The highest BCUT2D eigenvalue weighted by Crippen LogP contribution is 2.25. The minimum Gasteiger partial charge on any atom is -0.497 e. The quantitative estimate of drug-likeness (QED) is 0.787. The van der Waals surface area contributed by atoms with Gasteiger partial charge in [-0.25, -0.2) is 4.39 Å². The van der Waals surface area contributed by atoms with Crippen LogP contribution in [0.3, 0.4) is 0 Å². The van der Waals surface area contributed by atoms with E-state index in [1.165, 1.54) is 37.4 Å². The summed E-state index contributed by atoms with van der Waals surface area (Å²) < 4.78 is 18.7. The number of hydrogen-bond donors (Lipinski definition) is 0. The fraction of sp³-hybridized carbons (Fsp3) is 0.0714. The molecule has 98 valence electrons. The third kappa shape index (κ3) is 2.88. The molecule has 0 atom stereocenters. The molecular formula is C14H9Cl2FO2. The Morgan fingerprint density at radius 3 is 2.37 bits per heavy atom. The largest absolute Gasteiger partial charge is 0.497 e. The van der Waals surface area contributed by atoms with Crippen molar-refractivity contribution >= 4 is 29.0 Å². The molecule has 0 amide bonds. The molecule has 2 aromatic rings. The number of rotatable bonds is 3. The van der Waals surface area contributed by atoms with Crippen LogP contribution in [0.15, 0.2) is 36.4 Å². The third-order valence-corrected chi connectivity index (χ3v) is 3.14. The average Bonchev–Trinajstić information content (AvgIpc) is 2.37. The Morgan fingerprint density at radius 2 is 1.79 bits per heavy atom. The van der Waals surface area contributed by atoms with Crippen LogP contribution >= 0.6 is 23.2 Å². The van der Waals surface area contributed by atoms with E-state index >= 15 is 0 Å². The number of carbonyl (C=O) groups excluding carboxylic acids is 1. The standard InChI is InChI=1S/C14H9Cl2FO2/c1-19-9-3-5-11(13(17)7-9)14(18)10-4-2-8(15)6-12(10)16/h2-7H,1H3. The Balaban J connectivity index is 2.44. The Morgan fingerprint density at radius 1 is 1.11 bits per heavy atom. The lowest BCUT2D eigenvalue weighted by atomic mass is 10.0. The molecule has 19 heavy (non-hydrogen) atoms. The van der Waals surface area contributed by atoms with E-state index in [1.807, 2.05) is 0 Å². The van der Waals surface area contributed by atoms with Gasteiger partial charge in [-0.1, -0.05) is 23.2 Å². The molecular weight excluding hydrogens is 290 g/mol. The van der Waals surface area contributed by atoms with Crippen molar-refractivity contribution < 1.29 is 13.9 Å². The maximum Gasteiger partial charge on any atom is 0.197 e. The van der Waals surface area contributed by atoms with Crippen molar-refractivity contribution in [3.63, 3.8) is 0 Å². The topological polar surface area (TPSA) is 26.3 Å². The molecule has 0 heterocycles. The summed E-state index contributed by atoms with van der Waals surface area (Å²) in [5.74, 6) is -0.812. The highest BCUT2D eigenvalue weighted by molar-refractivity contribution is 6.37. The molecule has 0 saturated heterocycles. The molecule has 0 aliphatic heterocycles. The molecule has 0 N–H and O–H groups in total. The monoisotopic (exact) mass is 298 g/mol. The first-order chi connectivity index (χ1) is 9.02. The second kappa shape index (κ2) is 5.59. The normalized spacial score (nSPS) is 10.3. The van der Waals surface area contributed by atoms with Crippen molar-refractivity contribution in [2.75, 3.05) is 7.11 Å². The number of halogens is 3. The summed E-state index contributed by atoms with van der Waals surface area (Å²) in [6.07, 6.45) is 0. The summed E-state index contributed by atoms with van der Waals surface area (Å²) in [4.78, 5) is 12.2. The first-order valence-electron chi connectivity index (χ1n) is 5.36. The molecule has 0 bridgehead atoms. The van der Waals surface area contributed by atoms with Crippen LogP contribution in [0.2, 0.25) is 10.0 Å². The molecule has 0 aliphatic rings. The van der Waals surface area contributed by atoms with Crippen LogP contribution in [0.5, 0.6) is 5.75 Å². The predicted molar refractivity (Wildman–Crippen MR) is 72.8 cm³/mol. The van der Waals surface area contributed by atoms with Gasteiger partial charge in [0.15, 0.2) is 5.78 Å². The number of ketones is 1. The number of benzene rings is 2. The summed E-state index contributed by atoms with van der Waals surface area (Å²) in [5, 5.41) is 0.601. The lowest BCUT2D eigenvalue weighted by Gasteiger charge is -2.07. The summed E-state index contributed by atoms with van der Waals surface area (Å²) >= 11 is 11.7. The van der Waals surface area contributed by atoms with E-state index < -0.39 is 11.6 Å². The van der Waals surface area contributed by atoms with Crippen LogP contribution in [0.1, 0.15) is 15.9 Å². The molecule has 2 rings (SSSR count). The summed E-state index contributed by atoms with van der Waals surface area (Å²) in [6.45, 7) is 0. The van der Waals surface area contributed by atoms with Gasteiger partial charge in [-0.3, -0.25) is 4.79 Å². The molecule has 5 heteroatoms. The molecule has 0 fully saturated rings. The van der Waals surface area contributed by atoms with Crippen molar-refractivity contribution in [2.45, 2.75) is 0 Å². The number of hydrogen-bond acceptors (Lipinski definition) is 2.